The molecule has 3 nitrogen and oxygen atoms in total. The molecule has 7 heteroatoms. The predicted octanol–water partition coefficient (Wildman–Crippen LogP) is 5.07. The summed E-state index contributed by atoms with van der Waals surface area (Å²) in [6, 6.07) is 10.1. The van der Waals surface area contributed by atoms with E-state index in [9.17, 15) is 18.0 Å². The first-order chi connectivity index (χ1) is 11.3. The number of aryl methyl sites for hydroxylation is 1. The highest BCUT2D eigenvalue weighted by Crippen LogP contribution is 2.33. The number of hydrogen-bond acceptors (Lipinski definition) is 2. The fourth-order valence-corrected chi connectivity index (χ4v) is 2.14. The molecule has 0 spiro atoms. The molecule has 0 unspecified atom stereocenters. The zero-order chi connectivity index (χ0) is 17.7. The van der Waals surface area contributed by atoms with Gasteiger partial charge >= 0.3 is 6.18 Å². The minimum atomic E-state index is -4.50. The molecule has 0 bridgehead atoms. The van der Waals surface area contributed by atoms with Crippen LogP contribution in [-0.2, 0) is 11.0 Å². The van der Waals surface area contributed by atoms with Crippen molar-refractivity contribution in [1.29, 1.82) is 0 Å². The normalized spacial score (nSPS) is 11.2. The largest absolute Gasteiger partial charge is 0.493 e. The molecule has 2 aromatic rings. The lowest BCUT2D eigenvalue weighted by molar-refractivity contribution is -0.137. The molecule has 0 aromatic heterocycles. The highest BCUT2D eigenvalue weighted by molar-refractivity contribution is 6.33. The molecule has 0 aliphatic carbocycles. The summed E-state index contributed by atoms with van der Waals surface area (Å²) in [5.41, 5.74) is 0.0676. The second-order valence-electron chi connectivity index (χ2n) is 5.16. The van der Waals surface area contributed by atoms with Crippen LogP contribution in [0.25, 0.3) is 0 Å². The average molecular weight is 358 g/mol. The van der Waals surface area contributed by atoms with E-state index in [4.69, 9.17) is 16.3 Å². The van der Waals surface area contributed by atoms with E-state index in [0.29, 0.717) is 5.75 Å². The molecule has 0 saturated heterocycles. The predicted molar refractivity (Wildman–Crippen MR) is 86.4 cm³/mol. The Bertz CT molecular complexity index is 732. The Kier molecular flexibility index (Phi) is 5.72. The van der Waals surface area contributed by atoms with Crippen LogP contribution in [0.15, 0.2) is 42.5 Å². The molecule has 0 aliphatic heterocycles. The van der Waals surface area contributed by atoms with Crippen LogP contribution in [0.5, 0.6) is 5.75 Å². The quantitative estimate of drug-likeness (QED) is 0.810. The monoisotopic (exact) mass is 357 g/mol. The van der Waals surface area contributed by atoms with Crippen LogP contribution in [0.1, 0.15) is 17.5 Å². The van der Waals surface area contributed by atoms with Gasteiger partial charge in [-0.3, -0.25) is 4.79 Å². The van der Waals surface area contributed by atoms with E-state index in [1.165, 1.54) is 0 Å². The third kappa shape index (κ3) is 5.16. The molecule has 1 amide bonds. The first kappa shape index (κ1) is 18.1. The van der Waals surface area contributed by atoms with Gasteiger partial charge in [-0.15, -0.1) is 0 Å². The fraction of sp³-hybridized carbons (Fsp3) is 0.235. The summed E-state index contributed by atoms with van der Waals surface area (Å²) >= 11 is 5.82. The zero-order valence-corrected chi connectivity index (χ0v) is 13.5. The average Bonchev–Trinajstić information content (AvgIpc) is 2.48. The van der Waals surface area contributed by atoms with Crippen molar-refractivity contribution in [3.05, 3.63) is 58.6 Å². The molecule has 0 saturated carbocycles. The fourth-order valence-electron chi connectivity index (χ4n) is 1.98. The summed E-state index contributed by atoms with van der Waals surface area (Å²) in [4.78, 5) is 11.9. The Labute approximate surface area is 142 Å². The van der Waals surface area contributed by atoms with E-state index in [0.717, 1.165) is 23.8 Å². The third-order valence-corrected chi connectivity index (χ3v) is 3.48. The summed E-state index contributed by atoms with van der Waals surface area (Å²) in [6.45, 7) is 2.01. The molecule has 2 aromatic carbocycles. The van der Waals surface area contributed by atoms with Crippen LogP contribution < -0.4 is 10.1 Å². The number of nitrogens with one attached hydrogen (secondary N) is 1. The zero-order valence-electron chi connectivity index (χ0n) is 12.8. The highest BCUT2D eigenvalue weighted by atomic mass is 35.5. The van der Waals surface area contributed by atoms with Crippen LogP contribution >= 0.6 is 11.6 Å². The molecule has 24 heavy (non-hydrogen) atoms. The van der Waals surface area contributed by atoms with Gasteiger partial charge in [-0.25, -0.2) is 0 Å². The standard InChI is InChI=1S/C17H15ClF3NO2/c1-11-3-2-4-13(9-11)24-8-7-16(23)22-15-10-12(17(19,20)21)5-6-14(15)18/h2-6,9-10H,7-8H2,1H3,(H,22,23). The van der Waals surface area contributed by atoms with Crippen molar-refractivity contribution < 1.29 is 22.7 Å². The lowest BCUT2D eigenvalue weighted by atomic mass is 10.2. The van der Waals surface area contributed by atoms with Gasteiger partial charge < -0.3 is 10.1 Å². The summed E-state index contributed by atoms with van der Waals surface area (Å²) in [6.07, 6.45) is -4.52. The first-order valence-electron chi connectivity index (χ1n) is 7.12. The van der Waals surface area contributed by atoms with Crippen molar-refractivity contribution in [1.82, 2.24) is 0 Å². The Morgan fingerprint density at radius 3 is 2.62 bits per heavy atom. The Morgan fingerprint density at radius 1 is 1.21 bits per heavy atom. The third-order valence-electron chi connectivity index (χ3n) is 3.16. The van der Waals surface area contributed by atoms with Gasteiger partial charge in [0.2, 0.25) is 5.91 Å². The molecular formula is C17H15ClF3NO2. The topological polar surface area (TPSA) is 38.3 Å². The molecule has 2 rings (SSSR count). The Balaban J connectivity index is 1.92. The van der Waals surface area contributed by atoms with Crippen LogP contribution in [-0.4, -0.2) is 12.5 Å². The van der Waals surface area contributed by atoms with Gasteiger partial charge in [-0.2, -0.15) is 13.2 Å². The molecule has 1 N–H and O–H groups in total. The second-order valence-corrected chi connectivity index (χ2v) is 5.56. The van der Waals surface area contributed by atoms with Crippen LogP contribution in [0, 0.1) is 6.92 Å². The Morgan fingerprint density at radius 2 is 1.96 bits per heavy atom. The van der Waals surface area contributed by atoms with Crippen molar-refractivity contribution >= 4 is 23.2 Å². The van der Waals surface area contributed by atoms with Crippen molar-refractivity contribution in [2.75, 3.05) is 11.9 Å². The SMILES string of the molecule is Cc1cccc(OCCC(=O)Nc2cc(C(F)(F)F)ccc2Cl)c1. The summed E-state index contributed by atoms with van der Waals surface area (Å²) in [5, 5.41) is 2.41. The van der Waals surface area contributed by atoms with Gasteiger partial charge in [-0.05, 0) is 42.8 Å². The summed E-state index contributed by atoms with van der Waals surface area (Å²) < 4.78 is 43.5. The maximum absolute atomic E-state index is 12.7. The van der Waals surface area contributed by atoms with Gasteiger partial charge in [-0.1, -0.05) is 23.7 Å². The summed E-state index contributed by atoms with van der Waals surface area (Å²) in [5.74, 6) is 0.142. The van der Waals surface area contributed by atoms with Crippen molar-refractivity contribution in [2.24, 2.45) is 0 Å². The van der Waals surface area contributed by atoms with Crippen LogP contribution in [0.2, 0.25) is 5.02 Å². The van der Waals surface area contributed by atoms with E-state index < -0.39 is 17.6 Å². The van der Waals surface area contributed by atoms with Crippen LogP contribution in [0.4, 0.5) is 18.9 Å². The number of benzene rings is 2. The number of halogens is 4. The smallest absolute Gasteiger partial charge is 0.416 e. The molecule has 0 aliphatic rings. The van der Waals surface area contributed by atoms with Gasteiger partial charge in [0.25, 0.3) is 0 Å². The number of carbonyl (C=O) groups excluding carboxylic acids is 1. The number of anilines is 1. The van der Waals surface area contributed by atoms with E-state index in [2.05, 4.69) is 5.32 Å². The number of rotatable bonds is 5. The molecular weight excluding hydrogens is 343 g/mol. The minimum absolute atomic E-state index is 0.0134. The van der Waals surface area contributed by atoms with Gasteiger partial charge in [0, 0.05) is 0 Å². The highest BCUT2D eigenvalue weighted by Gasteiger charge is 2.31. The number of ether oxygens (including phenoxy) is 1. The maximum Gasteiger partial charge on any atom is 0.416 e. The second kappa shape index (κ2) is 7.57. The van der Waals surface area contributed by atoms with E-state index in [1.54, 1.807) is 6.07 Å². The van der Waals surface area contributed by atoms with Gasteiger partial charge in [0.15, 0.2) is 0 Å². The minimum Gasteiger partial charge on any atom is -0.493 e. The first-order valence-corrected chi connectivity index (χ1v) is 7.49. The number of alkyl halides is 3. The van der Waals surface area contributed by atoms with E-state index in [1.807, 2.05) is 25.1 Å². The number of hydrogen-bond donors (Lipinski definition) is 1. The van der Waals surface area contributed by atoms with E-state index in [-0.39, 0.29) is 23.7 Å². The van der Waals surface area contributed by atoms with Crippen molar-refractivity contribution in [2.45, 2.75) is 19.5 Å². The molecule has 128 valence electrons. The molecule has 0 atom stereocenters. The molecule has 0 heterocycles. The van der Waals surface area contributed by atoms with Gasteiger partial charge in [0.1, 0.15) is 5.75 Å². The van der Waals surface area contributed by atoms with Crippen LogP contribution in [0.3, 0.4) is 0 Å². The van der Waals surface area contributed by atoms with Crippen molar-refractivity contribution in [3.63, 3.8) is 0 Å². The van der Waals surface area contributed by atoms with Crippen molar-refractivity contribution in [3.8, 4) is 5.75 Å². The Hall–Kier alpha value is -2.21. The number of carbonyl (C=O) groups is 1. The maximum atomic E-state index is 12.7. The summed E-state index contributed by atoms with van der Waals surface area (Å²) in [7, 11) is 0. The number of amides is 1. The lowest BCUT2D eigenvalue weighted by Gasteiger charge is -2.12. The molecule has 0 fully saturated rings. The van der Waals surface area contributed by atoms with E-state index >= 15 is 0 Å². The molecule has 0 radical (unpaired) electrons. The van der Waals surface area contributed by atoms with Gasteiger partial charge in [0.05, 0.1) is 29.3 Å². The lowest BCUT2D eigenvalue weighted by Crippen LogP contribution is -2.16.